The van der Waals surface area contributed by atoms with Gasteiger partial charge in [0, 0.05) is 31.4 Å². The van der Waals surface area contributed by atoms with Crippen LogP contribution in [0.5, 0.6) is 0 Å². The Bertz CT molecular complexity index is 378. The molecule has 1 saturated heterocycles. The molecule has 100 valence electrons. The summed E-state index contributed by atoms with van der Waals surface area (Å²) in [4.78, 5) is 7.15. The Morgan fingerprint density at radius 2 is 2.28 bits per heavy atom. The van der Waals surface area contributed by atoms with Crippen molar-refractivity contribution in [1.82, 2.24) is 15.2 Å². The molecule has 0 amide bonds. The topological polar surface area (TPSA) is 28.2 Å². The van der Waals surface area contributed by atoms with Gasteiger partial charge in [0.05, 0.1) is 5.69 Å². The molecular formula is C15H25N3. The monoisotopic (exact) mass is 247 g/mol. The third kappa shape index (κ3) is 3.30. The van der Waals surface area contributed by atoms with Crippen molar-refractivity contribution in [3.63, 3.8) is 0 Å². The average Bonchev–Trinajstić information content (AvgIpc) is 2.38. The fourth-order valence-corrected chi connectivity index (χ4v) is 2.96. The van der Waals surface area contributed by atoms with Crippen molar-refractivity contribution < 1.29 is 0 Å². The highest BCUT2D eigenvalue weighted by atomic mass is 15.2. The molecule has 0 spiro atoms. The number of hydrogen-bond acceptors (Lipinski definition) is 3. The molecule has 1 aliphatic rings. The van der Waals surface area contributed by atoms with Crippen LogP contribution in [0.25, 0.3) is 0 Å². The Morgan fingerprint density at radius 3 is 2.94 bits per heavy atom. The molecular weight excluding hydrogens is 222 g/mol. The van der Waals surface area contributed by atoms with Crippen LogP contribution < -0.4 is 5.32 Å². The number of likely N-dealkylation sites (tertiary alicyclic amines) is 1. The predicted molar refractivity (Wildman–Crippen MR) is 75.5 cm³/mol. The summed E-state index contributed by atoms with van der Waals surface area (Å²) in [5.74, 6) is 0.772. The number of aryl methyl sites for hydroxylation is 1. The summed E-state index contributed by atoms with van der Waals surface area (Å²) >= 11 is 0. The minimum Gasteiger partial charge on any atom is -0.317 e. The maximum Gasteiger partial charge on any atom is 0.0547 e. The van der Waals surface area contributed by atoms with E-state index in [-0.39, 0.29) is 0 Å². The molecule has 1 N–H and O–H groups in total. The molecule has 2 atom stereocenters. The second-order valence-electron chi connectivity index (χ2n) is 5.36. The van der Waals surface area contributed by atoms with Crippen LogP contribution in [0.4, 0.5) is 0 Å². The van der Waals surface area contributed by atoms with Gasteiger partial charge >= 0.3 is 0 Å². The van der Waals surface area contributed by atoms with E-state index in [0.29, 0.717) is 6.04 Å². The van der Waals surface area contributed by atoms with Crippen molar-refractivity contribution in [2.75, 3.05) is 20.1 Å². The Hall–Kier alpha value is -0.930. The SMILES string of the molecule is CCC1CN(Cc2cccc(C)n2)CCC1NC. The molecule has 18 heavy (non-hydrogen) atoms. The molecule has 0 saturated carbocycles. The first-order valence-electron chi connectivity index (χ1n) is 7.05. The second-order valence-corrected chi connectivity index (χ2v) is 5.36. The quantitative estimate of drug-likeness (QED) is 0.884. The van der Waals surface area contributed by atoms with E-state index in [1.807, 2.05) is 0 Å². The van der Waals surface area contributed by atoms with Crippen LogP contribution in [0.3, 0.4) is 0 Å². The molecule has 1 aromatic heterocycles. The van der Waals surface area contributed by atoms with Gasteiger partial charge in [-0.2, -0.15) is 0 Å². The first kappa shape index (κ1) is 13.5. The van der Waals surface area contributed by atoms with Gasteiger partial charge in [-0.05, 0) is 38.4 Å². The summed E-state index contributed by atoms with van der Waals surface area (Å²) in [7, 11) is 2.09. The number of nitrogens with zero attached hydrogens (tertiary/aromatic N) is 2. The van der Waals surface area contributed by atoms with E-state index in [9.17, 15) is 0 Å². The first-order valence-corrected chi connectivity index (χ1v) is 7.05. The van der Waals surface area contributed by atoms with Crippen LogP contribution in [-0.2, 0) is 6.54 Å². The highest BCUT2D eigenvalue weighted by Gasteiger charge is 2.26. The smallest absolute Gasteiger partial charge is 0.0547 e. The van der Waals surface area contributed by atoms with E-state index in [2.05, 4.69) is 54.3 Å². The Balaban J connectivity index is 1.95. The molecule has 2 rings (SSSR count). The molecule has 0 aromatic carbocycles. The van der Waals surface area contributed by atoms with Crippen molar-refractivity contribution in [3.8, 4) is 0 Å². The number of rotatable bonds is 4. The van der Waals surface area contributed by atoms with Gasteiger partial charge in [0.2, 0.25) is 0 Å². The zero-order valence-corrected chi connectivity index (χ0v) is 11.8. The van der Waals surface area contributed by atoms with Crippen molar-refractivity contribution in [2.24, 2.45) is 5.92 Å². The minimum absolute atomic E-state index is 0.691. The molecule has 3 heteroatoms. The number of pyridine rings is 1. The standard InChI is InChI=1S/C15H25N3/c1-4-13-10-18(9-8-15(13)16-3)11-14-7-5-6-12(2)17-14/h5-7,13,15-16H,4,8-11H2,1-3H3. The minimum atomic E-state index is 0.691. The van der Waals surface area contributed by atoms with Crippen LogP contribution in [0, 0.1) is 12.8 Å². The number of nitrogens with one attached hydrogen (secondary N) is 1. The fourth-order valence-electron chi connectivity index (χ4n) is 2.96. The van der Waals surface area contributed by atoms with Crippen molar-refractivity contribution in [3.05, 3.63) is 29.6 Å². The predicted octanol–water partition coefficient (Wildman–Crippen LogP) is 2.21. The maximum atomic E-state index is 4.60. The van der Waals surface area contributed by atoms with Crippen LogP contribution in [0.15, 0.2) is 18.2 Å². The second kappa shape index (κ2) is 6.30. The third-order valence-electron chi connectivity index (χ3n) is 4.04. The average molecular weight is 247 g/mol. The van der Waals surface area contributed by atoms with Gasteiger partial charge in [-0.3, -0.25) is 9.88 Å². The lowest BCUT2D eigenvalue weighted by Crippen LogP contribution is -2.47. The Kier molecular flexibility index (Phi) is 4.72. The summed E-state index contributed by atoms with van der Waals surface area (Å²) in [5, 5.41) is 3.46. The molecule has 1 aliphatic heterocycles. The van der Waals surface area contributed by atoms with Crippen LogP contribution >= 0.6 is 0 Å². The molecule has 1 aromatic rings. The number of hydrogen-bond donors (Lipinski definition) is 1. The van der Waals surface area contributed by atoms with E-state index in [0.717, 1.165) is 18.2 Å². The van der Waals surface area contributed by atoms with Crippen LogP contribution in [-0.4, -0.2) is 36.1 Å². The van der Waals surface area contributed by atoms with Gasteiger partial charge in [0.25, 0.3) is 0 Å². The first-order chi connectivity index (χ1) is 8.72. The Morgan fingerprint density at radius 1 is 1.44 bits per heavy atom. The lowest BCUT2D eigenvalue weighted by atomic mass is 9.90. The molecule has 1 fully saturated rings. The third-order valence-corrected chi connectivity index (χ3v) is 4.04. The molecule has 0 radical (unpaired) electrons. The van der Waals surface area contributed by atoms with E-state index in [1.54, 1.807) is 0 Å². The van der Waals surface area contributed by atoms with Gasteiger partial charge < -0.3 is 5.32 Å². The lowest BCUT2D eigenvalue weighted by molar-refractivity contribution is 0.131. The fraction of sp³-hybridized carbons (Fsp3) is 0.667. The van der Waals surface area contributed by atoms with E-state index in [1.165, 1.54) is 31.6 Å². The molecule has 0 aliphatic carbocycles. The normalized spacial score (nSPS) is 25.3. The van der Waals surface area contributed by atoms with Crippen molar-refractivity contribution in [2.45, 2.75) is 39.3 Å². The summed E-state index contributed by atoms with van der Waals surface area (Å²) in [5.41, 5.74) is 2.32. The zero-order chi connectivity index (χ0) is 13.0. The van der Waals surface area contributed by atoms with Gasteiger partial charge in [0.15, 0.2) is 0 Å². The van der Waals surface area contributed by atoms with E-state index in [4.69, 9.17) is 0 Å². The largest absolute Gasteiger partial charge is 0.317 e. The van der Waals surface area contributed by atoms with Crippen LogP contribution in [0.2, 0.25) is 0 Å². The van der Waals surface area contributed by atoms with E-state index < -0.39 is 0 Å². The highest BCUT2D eigenvalue weighted by Crippen LogP contribution is 2.21. The van der Waals surface area contributed by atoms with E-state index >= 15 is 0 Å². The molecule has 2 unspecified atom stereocenters. The highest BCUT2D eigenvalue weighted by molar-refractivity contribution is 5.10. The molecule has 0 bridgehead atoms. The van der Waals surface area contributed by atoms with Gasteiger partial charge in [-0.1, -0.05) is 19.4 Å². The van der Waals surface area contributed by atoms with Crippen molar-refractivity contribution in [1.29, 1.82) is 0 Å². The van der Waals surface area contributed by atoms with Gasteiger partial charge in [-0.15, -0.1) is 0 Å². The van der Waals surface area contributed by atoms with Gasteiger partial charge in [-0.25, -0.2) is 0 Å². The number of piperidine rings is 1. The summed E-state index contributed by atoms with van der Waals surface area (Å²) in [6, 6.07) is 7.00. The van der Waals surface area contributed by atoms with Crippen LogP contribution in [0.1, 0.15) is 31.2 Å². The molecule has 2 heterocycles. The van der Waals surface area contributed by atoms with Crippen molar-refractivity contribution >= 4 is 0 Å². The number of aromatic nitrogens is 1. The zero-order valence-electron chi connectivity index (χ0n) is 11.8. The summed E-state index contributed by atoms with van der Waals surface area (Å²) in [6.07, 6.45) is 2.50. The van der Waals surface area contributed by atoms with Gasteiger partial charge in [0.1, 0.15) is 0 Å². The Labute approximate surface area is 111 Å². The molecule has 3 nitrogen and oxygen atoms in total. The maximum absolute atomic E-state index is 4.60. The summed E-state index contributed by atoms with van der Waals surface area (Å²) in [6.45, 7) is 7.72. The summed E-state index contributed by atoms with van der Waals surface area (Å²) < 4.78 is 0. The lowest BCUT2D eigenvalue weighted by Gasteiger charge is -2.38.